The molecule has 0 aliphatic heterocycles. The van der Waals surface area contributed by atoms with Crippen LogP contribution in [0.5, 0.6) is 0 Å². The number of aliphatic hydroxyl groups is 1. The lowest BCUT2D eigenvalue weighted by Gasteiger charge is -2.38. The largest absolute Gasteiger partial charge is 0.433 e. The third kappa shape index (κ3) is 4.82. The summed E-state index contributed by atoms with van der Waals surface area (Å²) in [4.78, 5) is 21.7. The zero-order chi connectivity index (χ0) is 19.4. The quantitative estimate of drug-likeness (QED) is 0.837. The van der Waals surface area contributed by atoms with E-state index in [2.05, 4.69) is 9.97 Å². The van der Waals surface area contributed by atoms with E-state index >= 15 is 0 Å². The van der Waals surface area contributed by atoms with Crippen LogP contribution in [0.1, 0.15) is 42.2 Å². The predicted molar refractivity (Wildman–Crippen MR) is 91.5 cm³/mol. The van der Waals surface area contributed by atoms with Crippen LogP contribution in [-0.2, 0) is 17.4 Å². The van der Waals surface area contributed by atoms with E-state index in [1.54, 1.807) is 29.4 Å². The van der Waals surface area contributed by atoms with Gasteiger partial charge in [0.05, 0.1) is 19.1 Å². The van der Waals surface area contributed by atoms with Gasteiger partial charge in [-0.25, -0.2) is 0 Å². The van der Waals surface area contributed by atoms with E-state index in [0.29, 0.717) is 11.1 Å². The Morgan fingerprint density at radius 2 is 2.04 bits per heavy atom. The van der Waals surface area contributed by atoms with Gasteiger partial charge in [0, 0.05) is 30.2 Å². The van der Waals surface area contributed by atoms with E-state index in [1.165, 1.54) is 6.07 Å². The smallest absolute Gasteiger partial charge is 0.386 e. The van der Waals surface area contributed by atoms with Crippen molar-refractivity contribution in [1.82, 2.24) is 14.9 Å². The zero-order valence-electron chi connectivity index (χ0n) is 14.6. The van der Waals surface area contributed by atoms with E-state index in [9.17, 15) is 23.1 Å². The Hall–Kier alpha value is -2.48. The number of carbonyl (C=O) groups is 1. The summed E-state index contributed by atoms with van der Waals surface area (Å²) in [6.45, 7) is 0.128. The standard InChI is InChI=1S/C19H20F3N3O2/c20-19(21,22)17-7-6-13(10-24-17)9-18(27)25(15-4-1-5-15)12-16(26)14-3-2-8-23-11-14/h2-3,6-8,10-11,15-16,26H,1,4-5,9,12H2. The van der Waals surface area contributed by atoms with E-state index in [-0.39, 0.29) is 24.9 Å². The third-order valence-corrected chi connectivity index (χ3v) is 4.75. The topological polar surface area (TPSA) is 66.3 Å². The first-order valence-electron chi connectivity index (χ1n) is 8.74. The fraction of sp³-hybridized carbons (Fsp3) is 0.421. The molecule has 0 bridgehead atoms. The molecule has 144 valence electrons. The van der Waals surface area contributed by atoms with Crippen LogP contribution in [0.3, 0.4) is 0 Å². The molecule has 0 aromatic carbocycles. The van der Waals surface area contributed by atoms with Crippen molar-refractivity contribution in [2.75, 3.05) is 6.54 Å². The number of aromatic nitrogens is 2. The van der Waals surface area contributed by atoms with Crippen LogP contribution in [0.15, 0.2) is 42.9 Å². The van der Waals surface area contributed by atoms with Gasteiger partial charge in [-0.15, -0.1) is 0 Å². The summed E-state index contributed by atoms with van der Waals surface area (Å²) in [6, 6.07) is 5.64. The fourth-order valence-corrected chi connectivity index (χ4v) is 2.99. The summed E-state index contributed by atoms with van der Waals surface area (Å²) in [7, 11) is 0. The van der Waals surface area contributed by atoms with Crippen molar-refractivity contribution in [3.05, 3.63) is 59.7 Å². The van der Waals surface area contributed by atoms with Crippen LogP contribution in [0.4, 0.5) is 13.2 Å². The molecule has 27 heavy (non-hydrogen) atoms. The van der Waals surface area contributed by atoms with Crippen LogP contribution in [0.25, 0.3) is 0 Å². The molecule has 0 radical (unpaired) electrons. The molecule has 2 aromatic rings. The van der Waals surface area contributed by atoms with Gasteiger partial charge in [0.2, 0.25) is 5.91 Å². The second-order valence-electron chi connectivity index (χ2n) is 6.66. The molecular formula is C19H20F3N3O2. The summed E-state index contributed by atoms with van der Waals surface area (Å²) in [5.74, 6) is -0.232. The predicted octanol–water partition coefficient (Wildman–Crippen LogP) is 3.15. The zero-order valence-corrected chi connectivity index (χ0v) is 14.6. The van der Waals surface area contributed by atoms with Crippen molar-refractivity contribution in [2.45, 2.75) is 44.0 Å². The minimum atomic E-state index is -4.51. The number of hydrogen-bond acceptors (Lipinski definition) is 4. The van der Waals surface area contributed by atoms with Crippen LogP contribution in [0, 0.1) is 0 Å². The molecule has 3 rings (SSSR count). The summed E-state index contributed by atoms with van der Waals surface area (Å²) in [6.07, 6.45) is 1.53. The van der Waals surface area contributed by atoms with Crippen LogP contribution in [-0.4, -0.2) is 38.5 Å². The first kappa shape index (κ1) is 19.3. The molecule has 1 aliphatic rings. The number of nitrogens with zero attached hydrogens (tertiary/aromatic N) is 3. The van der Waals surface area contributed by atoms with Gasteiger partial charge in [0.1, 0.15) is 5.69 Å². The van der Waals surface area contributed by atoms with E-state index in [0.717, 1.165) is 31.5 Å². The Morgan fingerprint density at radius 3 is 2.56 bits per heavy atom. The van der Waals surface area contributed by atoms with E-state index < -0.39 is 18.0 Å². The van der Waals surface area contributed by atoms with Gasteiger partial charge in [-0.05, 0) is 37.0 Å². The molecule has 5 nitrogen and oxygen atoms in total. The lowest BCUT2D eigenvalue weighted by Crippen LogP contribution is -2.46. The van der Waals surface area contributed by atoms with Crippen molar-refractivity contribution >= 4 is 5.91 Å². The first-order valence-corrected chi connectivity index (χ1v) is 8.74. The fourth-order valence-electron chi connectivity index (χ4n) is 2.99. The molecule has 1 N–H and O–H groups in total. The summed E-state index contributed by atoms with van der Waals surface area (Å²) in [5.41, 5.74) is 0.0422. The highest BCUT2D eigenvalue weighted by Gasteiger charge is 2.33. The second kappa shape index (κ2) is 8.04. The average Bonchev–Trinajstić information content (AvgIpc) is 2.60. The van der Waals surface area contributed by atoms with Crippen LogP contribution < -0.4 is 0 Å². The van der Waals surface area contributed by atoms with E-state index in [4.69, 9.17) is 0 Å². The molecule has 1 unspecified atom stereocenters. The van der Waals surface area contributed by atoms with Crippen molar-refractivity contribution in [1.29, 1.82) is 0 Å². The third-order valence-electron chi connectivity index (χ3n) is 4.75. The molecule has 8 heteroatoms. The number of hydrogen-bond donors (Lipinski definition) is 1. The minimum Gasteiger partial charge on any atom is -0.386 e. The molecule has 1 aliphatic carbocycles. The highest BCUT2D eigenvalue weighted by atomic mass is 19.4. The molecule has 1 saturated carbocycles. The van der Waals surface area contributed by atoms with Gasteiger partial charge >= 0.3 is 6.18 Å². The number of alkyl halides is 3. The van der Waals surface area contributed by atoms with Gasteiger partial charge in [0.25, 0.3) is 0 Å². The SMILES string of the molecule is O=C(Cc1ccc(C(F)(F)F)nc1)N(CC(O)c1cccnc1)C1CCC1. The molecule has 0 saturated heterocycles. The number of rotatable bonds is 6. The lowest BCUT2D eigenvalue weighted by molar-refractivity contribution is -0.141. The summed E-state index contributed by atoms with van der Waals surface area (Å²) in [5, 5.41) is 10.4. The van der Waals surface area contributed by atoms with Gasteiger partial charge in [-0.1, -0.05) is 12.1 Å². The lowest BCUT2D eigenvalue weighted by atomic mass is 9.90. The maximum Gasteiger partial charge on any atom is 0.433 e. The minimum absolute atomic E-state index is 0.0474. The van der Waals surface area contributed by atoms with Crippen molar-refractivity contribution in [3.63, 3.8) is 0 Å². The summed E-state index contributed by atoms with van der Waals surface area (Å²) >= 11 is 0. The molecule has 1 amide bonds. The Labute approximate surface area is 154 Å². The monoisotopic (exact) mass is 379 g/mol. The maximum absolute atomic E-state index is 12.7. The number of pyridine rings is 2. The average molecular weight is 379 g/mol. The normalized spacial score (nSPS) is 15.9. The van der Waals surface area contributed by atoms with Crippen molar-refractivity contribution in [3.8, 4) is 0 Å². The van der Waals surface area contributed by atoms with E-state index in [1.807, 2.05) is 0 Å². The first-order chi connectivity index (χ1) is 12.8. The maximum atomic E-state index is 12.7. The second-order valence-corrected chi connectivity index (χ2v) is 6.66. The Bertz CT molecular complexity index is 762. The molecular weight excluding hydrogens is 359 g/mol. The van der Waals surface area contributed by atoms with Gasteiger partial charge in [-0.3, -0.25) is 14.8 Å². The molecule has 1 atom stereocenters. The molecule has 1 fully saturated rings. The van der Waals surface area contributed by atoms with Crippen molar-refractivity contribution < 1.29 is 23.1 Å². The molecule has 2 heterocycles. The molecule has 2 aromatic heterocycles. The Morgan fingerprint density at radius 1 is 1.26 bits per heavy atom. The number of amides is 1. The Kier molecular flexibility index (Phi) is 5.74. The van der Waals surface area contributed by atoms with Crippen LogP contribution in [0.2, 0.25) is 0 Å². The van der Waals surface area contributed by atoms with Gasteiger partial charge in [0.15, 0.2) is 0 Å². The summed E-state index contributed by atoms with van der Waals surface area (Å²) < 4.78 is 37.8. The Balaban J connectivity index is 1.68. The van der Waals surface area contributed by atoms with Crippen molar-refractivity contribution in [2.24, 2.45) is 0 Å². The van der Waals surface area contributed by atoms with Gasteiger partial charge < -0.3 is 10.0 Å². The highest BCUT2D eigenvalue weighted by Crippen LogP contribution is 2.29. The number of aliphatic hydroxyl groups excluding tert-OH is 1. The number of carbonyl (C=O) groups excluding carboxylic acids is 1. The van der Waals surface area contributed by atoms with Gasteiger partial charge in [-0.2, -0.15) is 13.2 Å². The molecule has 0 spiro atoms. The van der Waals surface area contributed by atoms with Crippen LogP contribution >= 0.6 is 0 Å². The number of halogens is 3. The highest BCUT2D eigenvalue weighted by molar-refractivity contribution is 5.79.